The van der Waals surface area contributed by atoms with Crippen molar-refractivity contribution in [3.05, 3.63) is 34.3 Å². The highest BCUT2D eigenvalue weighted by Crippen LogP contribution is 2.31. The van der Waals surface area contributed by atoms with Crippen LogP contribution in [0.25, 0.3) is 0 Å². The quantitative estimate of drug-likeness (QED) is 0.759. The van der Waals surface area contributed by atoms with E-state index < -0.39 is 0 Å². The van der Waals surface area contributed by atoms with E-state index in [9.17, 15) is 4.79 Å². The van der Waals surface area contributed by atoms with Crippen LogP contribution < -0.4 is 10.1 Å². The van der Waals surface area contributed by atoms with Gasteiger partial charge in [-0.3, -0.25) is 4.79 Å². The van der Waals surface area contributed by atoms with Crippen LogP contribution in [0, 0.1) is 13.8 Å². The summed E-state index contributed by atoms with van der Waals surface area (Å²) in [6, 6.07) is 5.99. The standard InChI is InChI=1S/C18H23N3O3S/c1-12-6-3-7-14(13(12)2)23-11-5-9-16(22)19-18-21-20-17(25-18)15-8-4-10-24-15/h3,6-7,15H,4-5,8-11H2,1-2H3,(H,19,21,22)/t15-/m1/s1. The number of amides is 1. The van der Waals surface area contributed by atoms with Gasteiger partial charge in [0.25, 0.3) is 0 Å². The number of anilines is 1. The summed E-state index contributed by atoms with van der Waals surface area (Å²) in [5, 5.41) is 12.3. The Balaban J connectivity index is 1.40. The van der Waals surface area contributed by atoms with Gasteiger partial charge < -0.3 is 14.8 Å². The van der Waals surface area contributed by atoms with E-state index in [-0.39, 0.29) is 12.0 Å². The molecule has 0 aliphatic carbocycles. The highest BCUT2D eigenvalue weighted by atomic mass is 32.1. The Hall–Kier alpha value is -1.99. The fraction of sp³-hybridized carbons (Fsp3) is 0.500. The first-order chi connectivity index (χ1) is 12.1. The first-order valence-corrected chi connectivity index (χ1v) is 9.39. The van der Waals surface area contributed by atoms with Crippen molar-refractivity contribution in [2.24, 2.45) is 0 Å². The first kappa shape index (κ1) is 17.8. The molecule has 7 heteroatoms. The minimum atomic E-state index is -0.0698. The zero-order valence-corrected chi connectivity index (χ0v) is 15.4. The average molecular weight is 361 g/mol. The van der Waals surface area contributed by atoms with Crippen molar-refractivity contribution in [2.75, 3.05) is 18.5 Å². The summed E-state index contributed by atoms with van der Waals surface area (Å²) in [5.74, 6) is 0.811. The molecule has 3 rings (SSSR count). The monoisotopic (exact) mass is 361 g/mol. The topological polar surface area (TPSA) is 73.3 Å². The van der Waals surface area contributed by atoms with Gasteiger partial charge in [-0.05, 0) is 50.3 Å². The molecule has 0 saturated carbocycles. The molecule has 25 heavy (non-hydrogen) atoms. The minimum Gasteiger partial charge on any atom is -0.493 e. The third-order valence-corrected chi connectivity index (χ3v) is 5.18. The molecule has 0 radical (unpaired) electrons. The molecule has 6 nitrogen and oxygen atoms in total. The Labute approximate surface area is 151 Å². The van der Waals surface area contributed by atoms with Gasteiger partial charge in [-0.15, -0.1) is 10.2 Å². The van der Waals surface area contributed by atoms with E-state index in [1.165, 1.54) is 16.9 Å². The summed E-state index contributed by atoms with van der Waals surface area (Å²) < 4.78 is 11.3. The van der Waals surface area contributed by atoms with E-state index in [2.05, 4.69) is 28.5 Å². The Bertz CT molecular complexity index is 726. The number of hydrogen-bond acceptors (Lipinski definition) is 6. The predicted molar refractivity (Wildman–Crippen MR) is 97.1 cm³/mol. The maximum Gasteiger partial charge on any atom is 0.226 e. The number of nitrogens with one attached hydrogen (secondary N) is 1. The summed E-state index contributed by atoms with van der Waals surface area (Å²) in [6.45, 7) is 5.38. The van der Waals surface area contributed by atoms with Gasteiger partial charge in [0.05, 0.1) is 6.61 Å². The van der Waals surface area contributed by atoms with Crippen LogP contribution in [0.1, 0.15) is 47.9 Å². The molecule has 0 bridgehead atoms. The van der Waals surface area contributed by atoms with Crippen LogP contribution >= 0.6 is 11.3 Å². The van der Waals surface area contributed by atoms with Crippen LogP contribution in [0.5, 0.6) is 5.75 Å². The van der Waals surface area contributed by atoms with Gasteiger partial charge in [0.2, 0.25) is 11.0 Å². The summed E-state index contributed by atoms with van der Waals surface area (Å²) in [6.07, 6.45) is 3.09. The normalized spacial score (nSPS) is 16.8. The molecule has 1 aliphatic rings. The number of nitrogens with zero attached hydrogens (tertiary/aromatic N) is 2. The van der Waals surface area contributed by atoms with Crippen molar-refractivity contribution >= 4 is 22.4 Å². The van der Waals surface area contributed by atoms with Crippen LogP contribution in [0.4, 0.5) is 5.13 Å². The summed E-state index contributed by atoms with van der Waals surface area (Å²) in [7, 11) is 0. The molecule has 134 valence electrons. The Morgan fingerprint density at radius 1 is 1.40 bits per heavy atom. The molecule has 1 fully saturated rings. The number of carbonyl (C=O) groups excluding carboxylic acids is 1. The van der Waals surface area contributed by atoms with Crippen molar-refractivity contribution in [3.63, 3.8) is 0 Å². The molecule has 1 aromatic carbocycles. The van der Waals surface area contributed by atoms with Gasteiger partial charge >= 0.3 is 0 Å². The van der Waals surface area contributed by atoms with Crippen molar-refractivity contribution in [3.8, 4) is 5.75 Å². The van der Waals surface area contributed by atoms with Gasteiger partial charge in [0.15, 0.2) is 0 Å². The maximum atomic E-state index is 12.0. The molecule has 0 spiro atoms. The predicted octanol–water partition coefficient (Wildman–Crippen LogP) is 3.80. The van der Waals surface area contributed by atoms with E-state index in [4.69, 9.17) is 9.47 Å². The van der Waals surface area contributed by atoms with Gasteiger partial charge in [-0.25, -0.2) is 0 Å². The maximum absolute atomic E-state index is 12.0. The second-order valence-corrected chi connectivity index (χ2v) is 7.15. The van der Waals surface area contributed by atoms with E-state index in [1.807, 2.05) is 19.1 Å². The van der Waals surface area contributed by atoms with Gasteiger partial charge in [-0.2, -0.15) is 0 Å². The molecule has 1 aliphatic heterocycles. The molecule has 2 heterocycles. The van der Waals surface area contributed by atoms with Gasteiger partial charge in [0.1, 0.15) is 16.9 Å². The van der Waals surface area contributed by atoms with E-state index in [0.29, 0.717) is 24.6 Å². The molecule has 0 unspecified atom stereocenters. The number of benzene rings is 1. The average Bonchev–Trinajstić information content (AvgIpc) is 3.26. The van der Waals surface area contributed by atoms with Crippen molar-refractivity contribution in [2.45, 2.75) is 45.6 Å². The lowest BCUT2D eigenvalue weighted by atomic mass is 10.1. The van der Waals surface area contributed by atoms with Crippen LogP contribution in [0.15, 0.2) is 18.2 Å². The third kappa shape index (κ3) is 4.76. The Morgan fingerprint density at radius 2 is 2.28 bits per heavy atom. The lowest BCUT2D eigenvalue weighted by Gasteiger charge is -2.10. The van der Waals surface area contributed by atoms with Crippen molar-refractivity contribution in [1.29, 1.82) is 0 Å². The van der Waals surface area contributed by atoms with Crippen molar-refractivity contribution < 1.29 is 14.3 Å². The third-order valence-electron chi connectivity index (χ3n) is 4.25. The van der Waals surface area contributed by atoms with Crippen LogP contribution in [-0.4, -0.2) is 29.3 Å². The molecule has 1 aromatic heterocycles. The van der Waals surface area contributed by atoms with Crippen LogP contribution in [0.2, 0.25) is 0 Å². The molecular weight excluding hydrogens is 338 g/mol. The summed E-state index contributed by atoms with van der Waals surface area (Å²) in [5.41, 5.74) is 2.34. The molecule has 1 amide bonds. The van der Waals surface area contributed by atoms with Gasteiger partial charge in [0, 0.05) is 13.0 Å². The number of aryl methyl sites for hydroxylation is 1. The smallest absolute Gasteiger partial charge is 0.226 e. The van der Waals surface area contributed by atoms with E-state index in [0.717, 1.165) is 35.8 Å². The fourth-order valence-electron chi connectivity index (χ4n) is 2.66. The number of rotatable bonds is 7. The van der Waals surface area contributed by atoms with Gasteiger partial charge in [-0.1, -0.05) is 23.5 Å². The largest absolute Gasteiger partial charge is 0.493 e. The lowest BCUT2D eigenvalue weighted by molar-refractivity contribution is -0.116. The summed E-state index contributed by atoms with van der Waals surface area (Å²) in [4.78, 5) is 12.0. The molecule has 1 N–H and O–H groups in total. The lowest BCUT2D eigenvalue weighted by Crippen LogP contribution is -2.12. The minimum absolute atomic E-state index is 0.0362. The second-order valence-electron chi connectivity index (χ2n) is 6.15. The molecular formula is C18H23N3O3S. The highest BCUT2D eigenvalue weighted by molar-refractivity contribution is 7.15. The van der Waals surface area contributed by atoms with E-state index >= 15 is 0 Å². The highest BCUT2D eigenvalue weighted by Gasteiger charge is 2.22. The Morgan fingerprint density at radius 3 is 3.08 bits per heavy atom. The molecule has 1 atom stereocenters. The second kappa shape index (κ2) is 8.40. The number of ether oxygens (including phenoxy) is 2. The van der Waals surface area contributed by atoms with Crippen molar-refractivity contribution in [1.82, 2.24) is 10.2 Å². The SMILES string of the molecule is Cc1cccc(OCCCC(=O)Nc2nnc([C@H]3CCCO3)s2)c1C. The van der Waals surface area contributed by atoms with E-state index in [1.54, 1.807) is 0 Å². The zero-order chi connectivity index (χ0) is 17.6. The molecule has 2 aromatic rings. The first-order valence-electron chi connectivity index (χ1n) is 8.57. The number of aromatic nitrogens is 2. The summed E-state index contributed by atoms with van der Waals surface area (Å²) >= 11 is 1.39. The number of carbonyl (C=O) groups is 1. The fourth-order valence-corrected chi connectivity index (χ4v) is 3.51. The van der Waals surface area contributed by atoms with Crippen LogP contribution in [-0.2, 0) is 9.53 Å². The Kier molecular flexibility index (Phi) is 5.99. The molecule has 1 saturated heterocycles. The number of hydrogen-bond donors (Lipinski definition) is 1. The zero-order valence-electron chi connectivity index (χ0n) is 14.6. The van der Waals surface area contributed by atoms with Crippen LogP contribution in [0.3, 0.4) is 0 Å².